The fourth-order valence-electron chi connectivity index (χ4n) is 3.31. The zero-order valence-electron chi connectivity index (χ0n) is 16.5. The van der Waals surface area contributed by atoms with Gasteiger partial charge in [-0.1, -0.05) is 6.07 Å². The van der Waals surface area contributed by atoms with Crippen molar-refractivity contribution in [2.45, 2.75) is 25.7 Å². The summed E-state index contributed by atoms with van der Waals surface area (Å²) in [6.45, 7) is 2.92. The highest BCUT2D eigenvalue weighted by Crippen LogP contribution is 2.21. The number of urea groups is 1. The van der Waals surface area contributed by atoms with Crippen LogP contribution in [0.2, 0.25) is 0 Å². The molecule has 0 bridgehead atoms. The molecule has 0 saturated carbocycles. The molecule has 2 amide bonds. The number of hydrogen-bond acceptors (Lipinski definition) is 4. The van der Waals surface area contributed by atoms with Crippen LogP contribution in [0.15, 0.2) is 48.7 Å². The van der Waals surface area contributed by atoms with E-state index in [9.17, 15) is 4.79 Å². The lowest BCUT2D eigenvalue weighted by molar-refractivity contribution is 0.145. The highest BCUT2D eigenvalue weighted by Gasteiger charge is 2.23. The Balaban J connectivity index is 1.30. The molecule has 1 aromatic heterocycles. The lowest BCUT2D eigenvalue weighted by atomic mass is 9.98. The van der Waals surface area contributed by atoms with Gasteiger partial charge in [0.1, 0.15) is 11.5 Å². The lowest BCUT2D eigenvalue weighted by Crippen LogP contribution is -2.45. The first-order chi connectivity index (χ1) is 13.7. The van der Waals surface area contributed by atoms with E-state index in [1.165, 1.54) is 0 Å². The smallest absolute Gasteiger partial charge is 0.317 e. The Morgan fingerprint density at radius 2 is 1.89 bits per heavy atom. The third-order valence-electron chi connectivity index (χ3n) is 5.06. The maximum Gasteiger partial charge on any atom is 0.317 e. The molecule has 150 valence electrons. The van der Waals surface area contributed by atoms with Gasteiger partial charge in [-0.3, -0.25) is 4.98 Å². The second-order valence-corrected chi connectivity index (χ2v) is 7.07. The molecular formula is C22H29N3O3. The van der Waals surface area contributed by atoms with E-state index in [0.29, 0.717) is 19.1 Å². The molecule has 3 rings (SSSR count). The second kappa shape index (κ2) is 10.5. The third kappa shape index (κ3) is 6.15. The summed E-state index contributed by atoms with van der Waals surface area (Å²) in [6, 6.07) is 13.6. The van der Waals surface area contributed by atoms with Gasteiger partial charge < -0.3 is 19.7 Å². The molecule has 1 fully saturated rings. The number of carbonyl (C=O) groups is 1. The van der Waals surface area contributed by atoms with Gasteiger partial charge in [-0.05, 0) is 68.0 Å². The Morgan fingerprint density at radius 3 is 2.57 bits per heavy atom. The Hall–Kier alpha value is -2.76. The first-order valence-electron chi connectivity index (χ1n) is 9.94. The van der Waals surface area contributed by atoms with Crippen molar-refractivity contribution in [3.05, 3.63) is 54.4 Å². The van der Waals surface area contributed by atoms with Crippen molar-refractivity contribution in [2.24, 2.45) is 5.92 Å². The van der Waals surface area contributed by atoms with Crippen LogP contribution in [0.25, 0.3) is 0 Å². The number of aryl methyl sites for hydroxylation is 1. The SMILES string of the molecule is COc1ccc(OCC2CCN(C(=O)NCCCc3ccccn3)CC2)cc1. The van der Waals surface area contributed by atoms with E-state index in [4.69, 9.17) is 9.47 Å². The van der Waals surface area contributed by atoms with Crippen molar-refractivity contribution in [1.29, 1.82) is 0 Å². The Bertz CT molecular complexity index is 714. The number of pyridine rings is 1. The van der Waals surface area contributed by atoms with Gasteiger partial charge >= 0.3 is 6.03 Å². The van der Waals surface area contributed by atoms with Crippen LogP contribution in [0.5, 0.6) is 11.5 Å². The average Bonchev–Trinajstić information content (AvgIpc) is 2.76. The number of aromatic nitrogens is 1. The van der Waals surface area contributed by atoms with E-state index in [0.717, 1.165) is 56.0 Å². The van der Waals surface area contributed by atoms with Gasteiger partial charge in [0.2, 0.25) is 0 Å². The first kappa shape index (κ1) is 20.0. The molecule has 1 N–H and O–H groups in total. The fourth-order valence-corrected chi connectivity index (χ4v) is 3.31. The number of nitrogens with zero attached hydrogens (tertiary/aromatic N) is 2. The predicted molar refractivity (Wildman–Crippen MR) is 109 cm³/mol. The predicted octanol–water partition coefficient (Wildman–Crippen LogP) is 3.52. The minimum absolute atomic E-state index is 0.0375. The molecule has 0 radical (unpaired) electrons. The van der Waals surface area contributed by atoms with Crippen molar-refractivity contribution in [3.63, 3.8) is 0 Å². The number of benzene rings is 1. The van der Waals surface area contributed by atoms with Gasteiger partial charge in [-0.25, -0.2) is 4.79 Å². The zero-order chi connectivity index (χ0) is 19.6. The average molecular weight is 383 g/mol. The molecule has 6 heteroatoms. The van der Waals surface area contributed by atoms with E-state index >= 15 is 0 Å². The van der Waals surface area contributed by atoms with Gasteiger partial charge in [0.15, 0.2) is 0 Å². The van der Waals surface area contributed by atoms with Crippen LogP contribution < -0.4 is 14.8 Å². The van der Waals surface area contributed by atoms with E-state index in [1.807, 2.05) is 47.4 Å². The van der Waals surface area contributed by atoms with Crippen LogP contribution >= 0.6 is 0 Å². The van der Waals surface area contributed by atoms with Crippen LogP contribution in [0.1, 0.15) is 25.0 Å². The summed E-state index contributed by atoms with van der Waals surface area (Å²) in [6.07, 6.45) is 5.52. The molecule has 0 aliphatic carbocycles. The van der Waals surface area contributed by atoms with Gasteiger partial charge in [0.25, 0.3) is 0 Å². The van der Waals surface area contributed by atoms with Crippen molar-refractivity contribution in [3.8, 4) is 11.5 Å². The Kier molecular flexibility index (Phi) is 7.53. The van der Waals surface area contributed by atoms with Gasteiger partial charge in [0, 0.05) is 31.5 Å². The summed E-state index contributed by atoms with van der Waals surface area (Å²) in [4.78, 5) is 18.5. The monoisotopic (exact) mass is 383 g/mol. The molecule has 0 spiro atoms. The number of hydrogen-bond donors (Lipinski definition) is 1. The molecule has 6 nitrogen and oxygen atoms in total. The largest absolute Gasteiger partial charge is 0.497 e. The normalized spacial score (nSPS) is 14.5. The highest BCUT2D eigenvalue weighted by atomic mass is 16.5. The third-order valence-corrected chi connectivity index (χ3v) is 5.06. The number of amides is 2. The fraction of sp³-hybridized carbons (Fsp3) is 0.455. The highest BCUT2D eigenvalue weighted by molar-refractivity contribution is 5.74. The zero-order valence-corrected chi connectivity index (χ0v) is 16.5. The Labute approximate surface area is 166 Å². The number of rotatable bonds is 8. The minimum atomic E-state index is 0.0375. The minimum Gasteiger partial charge on any atom is -0.497 e. The number of carbonyl (C=O) groups excluding carboxylic acids is 1. The molecule has 0 unspecified atom stereocenters. The number of ether oxygens (including phenoxy) is 2. The number of piperidine rings is 1. The first-order valence-corrected chi connectivity index (χ1v) is 9.94. The van der Waals surface area contributed by atoms with Gasteiger partial charge in [0.05, 0.1) is 13.7 Å². The molecule has 2 aromatic rings. The van der Waals surface area contributed by atoms with Gasteiger partial charge in [-0.15, -0.1) is 0 Å². The Morgan fingerprint density at radius 1 is 1.14 bits per heavy atom. The van der Waals surface area contributed by atoms with E-state index in [2.05, 4.69) is 10.3 Å². The van der Waals surface area contributed by atoms with E-state index in [-0.39, 0.29) is 6.03 Å². The molecular weight excluding hydrogens is 354 g/mol. The molecule has 28 heavy (non-hydrogen) atoms. The van der Waals surface area contributed by atoms with Crippen molar-refractivity contribution in [1.82, 2.24) is 15.2 Å². The van der Waals surface area contributed by atoms with Crippen molar-refractivity contribution in [2.75, 3.05) is 33.4 Å². The maximum atomic E-state index is 12.3. The topological polar surface area (TPSA) is 63.7 Å². The second-order valence-electron chi connectivity index (χ2n) is 7.07. The molecule has 1 aliphatic rings. The van der Waals surface area contributed by atoms with Crippen LogP contribution in [0.4, 0.5) is 4.79 Å². The van der Waals surface area contributed by atoms with E-state index in [1.54, 1.807) is 13.3 Å². The summed E-state index contributed by atoms with van der Waals surface area (Å²) in [5.41, 5.74) is 1.06. The number of nitrogens with one attached hydrogen (secondary N) is 1. The van der Waals surface area contributed by atoms with Crippen LogP contribution in [-0.4, -0.2) is 49.3 Å². The van der Waals surface area contributed by atoms with Crippen LogP contribution in [-0.2, 0) is 6.42 Å². The molecule has 1 aliphatic heterocycles. The standard InChI is InChI=1S/C22H29N3O3/c1-27-20-7-9-21(10-8-20)28-17-18-11-15-25(16-12-18)22(26)24-14-4-6-19-5-2-3-13-23-19/h2-3,5,7-10,13,18H,4,6,11-12,14-17H2,1H3,(H,24,26). The molecule has 1 saturated heterocycles. The molecule has 2 heterocycles. The summed E-state index contributed by atoms with van der Waals surface area (Å²) in [7, 11) is 1.65. The van der Waals surface area contributed by atoms with Gasteiger partial charge in [-0.2, -0.15) is 0 Å². The van der Waals surface area contributed by atoms with Crippen molar-refractivity contribution < 1.29 is 14.3 Å². The summed E-state index contributed by atoms with van der Waals surface area (Å²) in [5.74, 6) is 2.16. The van der Waals surface area contributed by atoms with E-state index < -0.39 is 0 Å². The quantitative estimate of drug-likeness (QED) is 0.709. The molecule has 1 aromatic carbocycles. The molecule has 0 atom stereocenters. The lowest BCUT2D eigenvalue weighted by Gasteiger charge is -2.32. The number of methoxy groups -OCH3 is 1. The summed E-state index contributed by atoms with van der Waals surface area (Å²) < 4.78 is 11.0. The summed E-state index contributed by atoms with van der Waals surface area (Å²) in [5, 5.41) is 3.02. The maximum absolute atomic E-state index is 12.3. The number of likely N-dealkylation sites (tertiary alicyclic amines) is 1. The van der Waals surface area contributed by atoms with Crippen LogP contribution in [0.3, 0.4) is 0 Å². The van der Waals surface area contributed by atoms with Crippen molar-refractivity contribution >= 4 is 6.03 Å². The summed E-state index contributed by atoms with van der Waals surface area (Å²) >= 11 is 0. The van der Waals surface area contributed by atoms with Crippen LogP contribution in [0, 0.1) is 5.92 Å².